The summed E-state index contributed by atoms with van der Waals surface area (Å²) in [5.41, 5.74) is 0.204. The number of carbonyl (C=O) groups excluding carboxylic acids is 5. The van der Waals surface area contributed by atoms with Gasteiger partial charge in [-0.15, -0.1) is 0 Å². The highest BCUT2D eigenvalue weighted by Gasteiger charge is 2.45. The van der Waals surface area contributed by atoms with Crippen LogP contribution in [0.2, 0.25) is 0 Å². The van der Waals surface area contributed by atoms with E-state index in [1.807, 2.05) is 20.8 Å². The first-order chi connectivity index (χ1) is 21.6. The molecule has 2 heterocycles. The van der Waals surface area contributed by atoms with Gasteiger partial charge < -0.3 is 39.0 Å². The van der Waals surface area contributed by atoms with E-state index in [1.54, 1.807) is 44.7 Å². The third-order valence-electron chi connectivity index (χ3n) is 8.12. The van der Waals surface area contributed by atoms with Crippen molar-refractivity contribution in [3.8, 4) is 5.75 Å². The first-order valence-corrected chi connectivity index (χ1v) is 16.0. The minimum Gasteiger partial charge on any atom is -0.473 e. The van der Waals surface area contributed by atoms with E-state index < -0.39 is 24.0 Å². The first kappa shape index (κ1) is 36.6. The van der Waals surface area contributed by atoms with Gasteiger partial charge in [0.15, 0.2) is 0 Å². The van der Waals surface area contributed by atoms with Gasteiger partial charge in [0.1, 0.15) is 5.75 Å². The zero-order valence-corrected chi connectivity index (χ0v) is 28.6. The largest absolute Gasteiger partial charge is 0.473 e. The van der Waals surface area contributed by atoms with Crippen LogP contribution < -0.4 is 15.0 Å². The number of aryl methyl sites for hydroxylation is 1. The minimum absolute atomic E-state index is 0.0174. The first-order valence-electron chi connectivity index (χ1n) is 16.0. The van der Waals surface area contributed by atoms with Gasteiger partial charge in [0.05, 0.1) is 24.3 Å². The molecule has 4 amide bonds. The molecular formula is C33H50N4O9. The molecule has 46 heavy (non-hydrogen) atoms. The van der Waals surface area contributed by atoms with E-state index >= 15 is 0 Å². The average Bonchev–Trinajstić information content (AvgIpc) is 2.98. The zero-order chi connectivity index (χ0) is 34.3. The van der Waals surface area contributed by atoms with Gasteiger partial charge in [-0.3, -0.25) is 19.2 Å². The number of esters is 1. The Balaban J connectivity index is 1.88. The van der Waals surface area contributed by atoms with Gasteiger partial charge in [-0.1, -0.05) is 20.8 Å². The highest BCUT2D eigenvalue weighted by molar-refractivity contribution is 6.05. The van der Waals surface area contributed by atoms with Crippen molar-refractivity contribution in [2.24, 2.45) is 5.92 Å². The number of benzene rings is 1. The van der Waals surface area contributed by atoms with Crippen LogP contribution in [0.4, 0.5) is 10.5 Å². The van der Waals surface area contributed by atoms with E-state index in [1.165, 1.54) is 23.8 Å². The van der Waals surface area contributed by atoms with Crippen LogP contribution >= 0.6 is 0 Å². The topological polar surface area (TPSA) is 144 Å². The lowest BCUT2D eigenvalue weighted by molar-refractivity contribution is -0.170. The van der Waals surface area contributed by atoms with Gasteiger partial charge in [-0.25, -0.2) is 4.79 Å². The standard InChI is InChI=1S/C33H50N4O9/c1-10-28(38)34-13-15-36-26-17-25(22(6)16-27(26)46-33(8,19-43-9)31(36)41)29(39)37(21(4)5)24-12-11-14-35(18-24)32(42)45-23(7)44-30(40)20(2)3/h16-17,20-21,23-24H,10-15,18-19H2,1-9H3,(H,34,38)/t23-,24+,33-/m0/s1. The fourth-order valence-corrected chi connectivity index (χ4v) is 5.74. The summed E-state index contributed by atoms with van der Waals surface area (Å²) in [5.74, 6) is -1.11. The second-order valence-corrected chi connectivity index (χ2v) is 12.7. The third-order valence-corrected chi connectivity index (χ3v) is 8.12. The molecule has 13 nitrogen and oxygen atoms in total. The van der Waals surface area contributed by atoms with Crippen LogP contribution in [0.3, 0.4) is 0 Å². The molecule has 0 radical (unpaired) electrons. The second kappa shape index (κ2) is 15.6. The Morgan fingerprint density at radius 2 is 1.83 bits per heavy atom. The smallest absolute Gasteiger partial charge is 0.412 e. The van der Waals surface area contributed by atoms with Crippen LogP contribution in [-0.2, 0) is 28.6 Å². The third kappa shape index (κ3) is 8.48. The van der Waals surface area contributed by atoms with Crippen LogP contribution in [0.5, 0.6) is 5.75 Å². The van der Waals surface area contributed by atoms with Crippen LogP contribution in [0, 0.1) is 12.8 Å². The van der Waals surface area contributed by atoms with Gasteiger partial charge in [-0.2, -0.15) is 0 Å². The molecule has 0 bridgehead atoms. The number of hydrogen-bond donors (Lipinski definition) is 1. The molecule has 1 aromatic rings. The Bertz CT molecular complexity index is 1300. The summed E-state index contributed by atoms with van der Waals surface area (Å²) in [6, 6.07) is 2.91. The van der Waals surface area contributed by atoms with Gasteiger partial charge >= 0.3 is 12.1 Å². The monoisotopic (exact) mass is 646 g/mol. The van der Waals surface area contributed by atoms with Crippen LogP contribution in [-0.4, -0.2) is 103 Å². The maximum Gasteiger partial charge on any atom is 0.412 e. The predicted octanol–water partition coefficient (Wildman–Crippen LogP) is 3.65. The Kier molecular flexibility index (Phi) is 12.4. The lowest BCUT2D eigenvalue weighted by Gasteiger charge is -2.42. The van der Waals surface area contributed by atoms with E-state index in [0.717, 1.165) is 0 Å². The zero-order valence-electron chi connectivity index (χ0n) is 28.6. The highest BCUT2D eigenvalue weighted by atomic mass is 16.7. The second-order valence-electron chi connectivity index (χ2n) is 12.7. The van der Waals surface area contributed by atoms with Crippen molar-refractivity contribution in [2.75, 3.05) is 44.8 Å². The number of likely N-dealkylation sites (tertiary alicyclic amines) is 1. The Labute approximate surface area is 271 Å². The summed E-state index contributed by atoms with van der Waals surface area (Å²) < 4.78 is 22.1. The molecule has 1 N–H and O–H groups in total. The van der Waals surface area contributed by atoms with Crippen molar-refractivity contribution in [1.29, 1.82) is 0 Å². The number of amides is 4. The predicted molar refractivity (Wildman–Crippen MR) is 171 cm³/mol. The molecular weight excluding hydrogens is 596 g/mol. The van der Waals surface area contributed by atoms with E-state index in [4.69, 9.17) is 18.9 Å². The molecule has 0 saturated carbocycles. The maximum atomic E-state index is 14.3. The highest BCUT2D eigenvalue weighted by Crippen LogP contribution is 2.40. The maximum absolute atomic E-state index is 14.3. The Hall–Kier alpha value is -3.87. The molecule has 0 spiro atoms. The number of ether oxygens (including phenoxy) is 4. The van der Waals surface area contributed by atoms with E-state index in [9.17, 15) is 24.0 Å². The minimum atomic E-state index is -1.29. The number of nitrogens with one attached hydrogen (secondary N) is 1. The summed E-state index contributed by atoms with van der Waals surface area (Å²) in [6.45, 7) is 15.1. The van der Waals surface area contributed by atoms with Crippen molar-refractivity contribution < 1.29 is 42.9 Å². The molecule has 2 aliphatic heterocycles. The summed E-state index contributed by atoms with van der Waals surface area (Å²) in [5, 5.41) is 2.81. The van der Waals surface area contributed by atoms with E-state index in [-0.39, 0.29) is 62.0 Å². The molecule has 3 atom stereocenters. The number of nitrogens with zero attached hydrogens (tertiary/aromatic N) is 3. The molecule has 13 heteroatoms. The number of methoxy groups -OCH3 is 1. The summed E-state index contributed by atoms with van der Waals surface area (Å²) >= 11 is 0. The fourth-order valence-electron chi connectivity index (χ4n) is 5.74. The lowest BCUT2D eigenvalue weighted by Crippen LogP contribution is -2.58. The van der Waals surface area contributed by atoms with Gasteiger partial charge in [0.25, 0.3) is 11.8 Å². The van der Waals surface area contributed by atoms with Gasteiger partial charge in [0.2, 0.25) is 17.8 Å². The quantitative estimate of drug-likeness (QED) is 0.266. The molecule has 0 aromatic heterocycles. The van der Waals surface area contributed by atoms with Crippen molar-refractivity contribution in [3.63, 3.8) is 0 Å². The van der Waals surface area contributed by atoms with Crippen molar-refractivity contribution in [1.82, 2.24) is 15.1 Å². The SMILES string of the molecule is CCC(=O)NCCN1C(=O)[C@](C)(COC)Oc2cc(C)c(C(=O)N(C(C)C)[C@@H]3CCCN(C(=O)O[C@@H](C)OC(=O)C(C)C)C3)cc21. The van der Waals surface area contributed by atoms with Crippen molar-refractivity contribution >= 4 is 35.5 Å². The molecule has 1 saturated heterocycles. The number of carbonyl (C=O) groups is 5. The number of hydrogen-bond acceptors (Lipinski definition) is 9. The van der Waals surface area contributed by atoms with Gasteiger partial charge in [-0.05, 0) is 58.2 Å². The molecule has 1 fully saturated rings. The number of fused-ring (bicyclic) bond motifs is 1. The molecule has 3 rings (SSSR count). The van der Waals surface area contributed by atoms with Crippen molar-refractivity contribution in [3.05, 3.63) is 23.3 Å². The molecule has 1 aromatic carbocycles. The summed E-state index contributed by atoms with van der Waals surface area (Å²) in [6.07, 6.45) is -0.0144. The summed E-state index contributed by atoms with van der Waals surface area (Å²) in [4.78, 5) is 69.7. The molecule has 256 valence electrons. The van der Waals surface area contributed by atoms with Gasteiger partial charge in [0, 0.05) is 58.2 Å². The number of piperidine rings is 1. The Morgan fingerprint density at radius 1 is 1.13 bits per heavy atom. The Morgan fingerprint density at radius 3 is 2.43 bits per heavy atom. The van der Waals surface area contributed by atoms with Crippen molar-refractivity contribution in [2.45, 2.75) is 98.6 Å². The molecule has 2 aliphatic rings. The normalized spacial score (nSPS) is 20.2. The van der Waals surface area contributed by atoms with Crippen LogP contribution in [0.25, 0.3) is 0 Å². The number of anilines is 1. The molecule has 0 aliphatic carbocycles. The lowest BCUT2D eigenvalue weighted by atomic mass is 9.97. The van der Waals surface area contributed by atoms with E-state index in [0.29, 0.717) is 48.4 Å². The van der Waals surface area contributed by atoms with Crippen LogP contribution in [0.1, 0.15) is 83.7 Å². The number of rotatable bonds is 12. The van der Waals surface area contributed by atoms with Crippen LogP contribution in [0.15, 0.2) is 12.1 Å². The molecule has 0 unspecified atom stereocenters. The fraction of sp³-hybridized carbons (Fsp3) is 0.667. The average molecular weight is 647 g/mol. The summed E-state index contributed by atoms with van der Waals surface area (Å²) in [7, 11) is 1.49. The van der Waals surface area contributed by atoms with E-state index in [2.05, 4.69) is 5.32 Å².